The molecule has 1 rings (SSSR count). The number of hydrogen-bond acceptors (Lipinski definition) is 2. The van der Waals surface area contributed by atoms with Crippen LogP contribution in [0.4, 0.5) is 0 Å². The molecule has 0 saturated heterocycles. The number of benzene rings is 1. The Morgan fingerprint density at radius 3 is 2.77 bits per heavy atom. The minimum atomic E-state index is -0.832. The molecular weight excluding hydrogens is 373 g/mol. The molecule has 0 fully saturated rings. The van der Waals surface area contributed by atoms with Crippen LogP contribution < -0.4 is 0 Å². The van der Waals surface area contributed by atoms with Crippen LogP contribution in [0.15, 0.2) is 29.2 Å². The molecule has 0 aliphatic rings. The van der Waals surface area contributed by atoms with E-state index >= 15 is 0 Å². The quantitative estimate of drug-likeness (QED) is 0.643. The fourth-order valence-corrected chi connectivity index (χ4v) is 3.48. The summed E-state index contributed by atoms with van der Waals surface area (Å²) in [4.78, 5) is 11.7. The zero-order chi connectivity index (χ0) is 9.68. The molecular formula is C9H9HgO2S. The average Bonchev–Trinajstić information content (AvgIpc) is 2.15. The molecule has 2 nitrogen and oxygen atoms in total. The van der Waals surface area contributed by atoms with Crippen LogP contribution in [0.3, 0.4) is 0 Å². The van der Waals surface area contributed by atoms with Crippen molar-refractivity contribution < 1.29 is 36.0 Å². The van der Waals surface area contributed by atoms with Crippen molar-refractivity contribution in [3.05, 3.63) is 29.8 Å². The SMILES string of the molecule is O=C(O)c1ccccc1SC[CH2][Hg]. The van der Waals surface area contributed by atoms with E-state index in [1.165, 1.54) is 3.93 Å². The first-order valence-electron chi connectivity index (χ1n) is 4.00. The molecule has 0 saturated carbocycles. The van der Waals surface area contributed by atoms with Gasteiger partial charge in [0, 0.05) is 0 Å². The van der Waals surface area contributed by atoms with E-state index in [-0.39, 0.29) is 0 Å². The van der Waals surface area contributed by atoms with Gasteiger partial charge in [-0.3, -0.25) is 0 Å². The summed E-state index contributed by atoms with van der Waals surface area (Å²) in [7, 11) is 0. The Hall–Kier alpha value is -0.0249. The molecule has 13 heavy (non-hydrogen) atoms. The van der Waals surface area contributed by atoms with Gasteiger partial charge in [0.25, 0.3) is 0 Å². The molecule has 1 aromatic rings. The second-order valence-corrected chi connectivity index (χ2v) is 6.39. The van der Waals surface area contributed by atoms with E-state index in [4.69, 9.17) is 5.11 Å². The first-order valence-corrected chi connectivity index (χ1v) is 8.87. The van der Waals surface area contributed by atoms with Crippen LogP contribution in [0.25, 0.3) is 0 Å². The van der Waals surface area contributed by atoms with Crippen molar-refractivity contribution in [2.75, 3.05) is 5.75 Å². The number of carbonyl (C=O) groups is 1. The van der Waals surface area contributed by atoms with E-state index in [1.807, 2.05) is 12.1 Å². The van der Waals surface area contributed by atoms with Crippen molar-refractivity contribution in [3.8, 4) is 0 Å². The molecule has 0 bridgehead atoms. The maximum absolute atomic E-state index is 10.8. The first-order chi connectivity index (χ1) is 6.25. The summed E-state index contributed by atoms with van der Waals surface area (Å²) in [5.41, 5.74) is 0.425. The topological polar surface area (TPSA) is 37.3 Å². The zero-order valence-electron chi connectivity index (χ0n) is 7.19. The van der Waals surface area contributed by atoms with Crippen LogP contribution in [0, 0.1) is 0 Å². The second kappa shape index (κ2) is 5.65. The Morgan fingerprint density at radius 1 is 1.46 bits per heavy atom. The minimum absolute atomic E-state index is 0.425. The van der Waals surface area contributed by atoms with Gasteiger partial charge in [-0.25, -0.2) is 0 Å². The van der Waals surface area contributed by atoms with Crippen LogP contribution >= 0.6 is 11.8 Å². The Bertz CT molecular complexity index is 301. The maximum atomic E-state index is 10.8. The van der Waals surface area contributed by atoms with Gasteiger partial charge in [-0.15, -0.1) is 0 Å². The van der Waals surface area contributed by atoms with Crippen LogP contribution in [-0.2, 0) is 26.1 Å². The van der Waals surface area contributed by atoms with Crippen molar-refractivity contribution in [1.29, 1.82) is 0 Å². The Morgan fingerprint density at radius 2 is 2.15 bits per heavy atom. The standard InChI is InChI=1S/C9H9O2S.Hg/c1-2-12-8-6-4-3-5-7(8)9(10)11;/h3-6H,1-2H2,(H,10,11);. The molecule has 0 aliphatic heterocycles. The van der Waals surface area contributed by atoms with Gasteiger partial charge in [0.2, 0.25) is 0 Å². The van der Waals surface area contributed by atoms with E-state index < -0.39 is 5.97 Å². The molecule has 0 unspecified atom stereocenters. The van der Waals surface area contributed by atoms with Crippen molar-refractivity contribution in [2.24, 2.45) is 0 Å². The number of carboxylic acid groups (broad SMARTS) is 1. The van der Waals surface area contributed by atoms with Gasteiger partial charge in [0.15, 0.2) is 0 Å². The number of hydrogen-bond donors (Lipinski definition) is 1. The molecule has 0 heterocycles. The third-order valence-electron chi connectivity index (χ3n) is 1.52. The van der Waals surface area contributed by atoms with Crippen LogP contribution in [0.5, 0.6) is 0 Å². The molecule has 0 spiro atoms. The van der Waals surface area contributed by atoms with Gasteiger partial charge in [0.05, 0.1) is 0 Å². The molecule has 4 heteroatoms. The van der Waals surface area contributed by atoms with Crippen molar-refractivity contribution in [2.45, 2.75) is 8.83 Å². The number of rotatable bonds is 4. The van der Waals surface area contributed by atoms with E-state index in [0.717, 1.165) is 36.8 Å². The number of aromatic carboxylic acids is 1. The van der Waals surface area contributed by atoms with E-state index in [0.29, 0.717) is 5.56 Å². The normalized spacial score (nSPS) is 10.0. The van der Waals surface area contributed by atoms with Crippen molar-refractivity contribution >= 4 is 17.7 Å². The summed E-state index contributed by atoms with van der Waals surface area (Å²) >= 11 is 2.46. The zero-order valence-corrected chi connectivity index (χ0v) is 13.5. The number of thioether (sulfide) groups is 1. The monoisotopic (exact) mass is 383 g/mol. The Kier molecular flexibility index (Phi) is 4.81. The molecule has 0 atom stereocenters. The second-order valence-electron chi connectivity index (χ2n) is 2.50. The molecule has 1 N–H and O–H groups in total. The summed E-state index contributed by atoms with van der Waals surface area (Å²) in [5.74, 6) is 0.217. The molecule has 0 amide bonds. The first kappa shape index (κ1) is 11.1. The van der Waals surface area contributed by atoms with Crippen molar-refractivity contribution in [3.63, 3.8) is 0 Å². The summed E-state index contributed by atoms with van der Waals surface area (Å²) in [6, 6.07) is 7.17. The van der Waals surface area contributed by atoms with Gasteiger partial charge in [-0.05, 0) is 0 Å². The van der Waals surface area contributed by atoms with Crippen LogP contribution in [0.2, 0.25) is 3.93 Å². The third kappa shape index (κ3) is 3.31. The van der Waals surface area contributed by atoms with E-state index in [9.17, 15) is 4.79 Å². The summed E-state index contributed by atoms with van der Waals surface area (Å²) in [6.07, 6.45) is 0. The van der Waals surface area contributed by atoms with Crippen molar-refractivity contribution in [1.82, 2.24) is 0 Å². The molecule has 0 aliphatic carbocycles. The Balaban J connectivity index is 2.84. The van der Waals surface area contributed by atoms with Gasteiger partial charge < -0.3 is 0 Å². The predicted octanol–water partition coefficient (Wildman–Crippen LogP) is 2.44. The van der Waals surface area contributed by atoms with E-state index in [1.54, 1.807) is 23.9 Å². The summed E-state index contributed by atoms with van der Waals surface area (Å²) in [6.45, 7) is 0. The predicted molar refractivity (Wildman–Crippen MR) is 48.9 cm³/mol. The fourth-order valence-electron chi connectivity index (χ4n) is 0.951. The molecule has 1 aromatic carbocycles. The van der Waals surface area contributed by atoms with E-state index in [2.05, 4.69) is 0 Å². The van der Waals surface area contributed by atoms with Crippen LogP contribution in [-0.4, -0.2) is 16.8 Å². The molecule has 0 aromatic heterocycles. The van der Waals surface area contributed by atoms with Gasteiger partial charge in [0.1, 0.15) is 0 Å². The summed E-state index contributed by atoms with van der Waals surface area (Å²) in [5, 5.41) is 8.86. The molecule has 65 valence electrons. The van der Waals surface area contributed by atoms with Gasteiger partial charge >= 0.3 is 98.2 Å². The number of carboxylic acids is 1. The fraction of sp³-hybridized carbons (Fsp3) is 0.222. The van der Waals surface area contributed by atoms with Gasteiger partial charge in [-0.2, -0.15) is 0 Å². The third-order valence-corrected chi connectivity index (χ3v) is 6.05. The Labute approximate surface area is 97.7 Å². The molecule has 0 radical (unpaired) electrons. The summed E-state index contributed by atoms with van der Waals surface area (Å²) < 4.78 is 1.25. The average molecular weight is 382 g/mol. The van der Waals surface area contributed by atoms with Gasteiger partial charge in [-0.1, -0.05) is 0 Å². The van der Waals surface area contributed by atoms with Crippen LogP contribution in [0.1, 0.15) is 10.4 Å².